The van der Waals surface area contributed by atoms with Gasteiger partial charge in [-0.1, -0.05) is 37.3 Å². The molecule has 2 aliphatic rings. The van der Waals surface area contributed by atoms with E-state index in [9.17, 15) is 17.6 Å². The summed E-state index contributed by atoms with van der Waals surface area (Å²) in [5, 5.41) is 4.29. The number of rotatable bonds is 7. The molecule has 0 aromatic heterocycles. The average Bonchev–Trinajstić information content (AvgIpc) is 2.92. The monoisotopic (exact) mass is 439 g/mol. The first-order valence-corrected chi connectivity index (χ1v) is 10.6. The van der Waals surface area contributed by atoms with E-state index in [1.54, 1.807) is 31.2 Å². The molecule has 31 heavy (non-hydrogen) atoms. The minimum Gasteiger partial charge on any atom is -0.308 e. The van der Waals surface area contributed by atoms with Crippen molar-refractivity contribution in [2.45, 2.75) is 56.4 Å². The zero-order valence-electron chi connectivity index (χ0n) is 17.2. The molecular weight excluding hydrogens is 413 g/mol. The maximum atomic E-state index is 15.3. The van der Waals surface area contributed by atoms with E-state index in [4.69, 9.17) is 0 Å². The van der Waals surface area contributed by atoms with E-state index in [1.165, 1.54) is 23.2 Å². The summed E-state index contributed by atoms with van der Waals surface area (Å²) < 4.78 is 71.8. The average molecular weight is 439 g/mol. The van der Waals surface area contributed by atoms with Crippen LogP contribution in [0.4, 0.5) is 22.0 Å². The number of hydrogen-bond donors (Lipinski definition) is 2. The van der Waals surface area contributed by atoms with Crippen LogP contribution < -0.4 is 10.7 Å². The molecular formula is C23H26F5N3. The lowest BCUT2D eigenvalue weighted by atomic mass is 9.91. The highest BCUT2D eigenvalue weighted by atomic mass is 19.3. The van der Waals surface area contributed by atoms with E-state index in [1.807, 2.05) is 0 Å². The Bertz CT molecular complexity index is 916. The van der Waals surface area contributed by atoms with Gasteiger partial charge in [-0.2, -0.15) is 0 Å². The molecule has 8 heteroatoms. The van der Waals surface area contributed by atoms with Crippen molar-refractivity contribution in [1.82, 2.24) is 15.8 Å². The molecule has 0 bridgehead atoms. The highest BCUT2D eigenvalue weighted by Crippen LogP contribution is 2.36. The summed E-state index contributed by atoms with van der Waals surface area (Å²) in [6.45, 7) is 1.55. The molecule has 2 aromatic rings. The van der Waals surface area contributed by atoms with Crippen LogP contribution in [0.15, 0.2) is 42.5 Å². The Kier molecular flexibility index (Phi) is 6.32. The van der Waals surface area contributed by atoms with Crippen LogP contribution in [0.3, 0.4) is 0 Å². The quantitative estimate of drug-likeness (QED) is 0.623. The van der Waals surface area contributed by atoms with Gasteiger partial charge in [-0.3, -0.25) is 5.43 Å². The number of hydrogen-bond acceptors (Lipinski definition) is 3. The third-order valence-corrected chi connectivity index (χ3v) is 6.12. The largest absolute Gasteiger partial charge is 0.308 e. The van der Waals surface area contributed by atoms with Crippen molar-refractivity contribution in [2.75, 3.05) is 13.1 Å². The molecule has 0 radical (unpaired) electrons. The van der Waals surface area contributed by atoms with Gasteiger partial charge in [0.25, 0.3) is 5.92 Å². The van der Waals surface area contributed by atoms with Crippen molar-refractivity contribution >= 4 is 0 Å². The van der Waals surface area contributed by atoms with Crippen LogP contribution in [-0.2, 0) is 6.42 Å². The first-order valence-electron chi connectivity index (χ1n) is 10.6. The predicted octanol–water partition coefficient (Wildman–Crippen LogP) is 4.48. The molecule has 1 saturated heterocycles. The molecule has 1 aliphatic heterocycles. The lowest BCUT2D eigenvalue weighted by Crippen LogP contribution is -2.56. The Morgan fingerprint density at radius 2 is 1.84 bits per heavy atom. The molecule has 2 atom stereocenters. The summed E-state index contributed by atoms with van der Waals surface area (Å²) in [4.78, 5) is 0. The first kappa shape index (κ1) is 22.2. The standard InChI is InChI=1S/C23H26F5N3/c1-2-29-22-20(31(13-23(22,27)28)30-18-11-17(25)12-18)10-15-6-4-8-19(21(15)26)14-5-3-7-16(24)9-14/h3-9,17-18,20,22,29-30H,2,10-13H2,1H3. The Morgan fingerprint density at radius 3 is 2.52 bits per heavy atom. The van der Waals surface area contributed by atoms with Gasteiger partial charge in [0.15, 0.2) is 0 Å². The molecule has 2 aromatic carbocycles. The third-order valence-electron chi connectivity index (χ3n) is 6.12. The number of alkyl halides is 3. The van der Waals surface area contributed by atoms with Crippen LogP contribution in [0, 0.1) is 11.6 Å². The Morgan fingerprint density at radius 1 is 1.10 bits per heavy atom. The zero-order chi connectivity index (χ0) is 22.2. The van der Waals surface area contributed by atoms with Gasteiger partial charge < -0.3 is 5.32 Å². The summed E-state index contributed by atoms with van der Waals surface area (Å²) in [5.41, 5.74) is 3.92. The topological polar surface area (TPSA) is 27.3 Å². The van der Waals surface area contributed by atoms with Gasteiger partial charge in [0.2, 0.25) is 0 Å². The van der Waals surface area contributed by atoms with Gasteiger partial charge in [0, 0.05) is 17.6 Å². The van der Waals surface area contributed by atoms with Gasteiger partial charge in [-0.15, -0.1) is 0 Å². The van der Waals surface area contributed by atoms with Crippen LogP contribution >= 0.6 is 0 Å². The minimum absolute atomic E-state index is 0.0288. The fourth-order valence-electron chi connectivity index (χ4n) is 4.51. The van der Waals surface area contributed by atoms with Gasteiger partial charge in [0.05, 0.1) is 12.6 Å². The van der Waals surface area contributed by atoms with Gasteiger partial charge in [-0.05, 0) is 49.1 Å². The van der Waals surface area contributed by atoms with E-state index in [0.717, 1.165) is 0 Å². The van der Waals surface area contributed by atoms with Crippen molar-refractivity contribution < 1.29 is 22.0 Å². The maximum Gasteiger partial charge on any atom is 0.278 e. The fourth-order valence-corrected chi connectivity index (χ4v) is 4.51. The Balaban J connectivity index is 1.62. The van der Waals surface area contributed by atoms with Gasteiger partial charge in [0.1, 0.15) is 17.8 Å². The molecule has 1 aliphatic carbocycles. The molecule has 0 amide bonds. The van der Waals surface area contributed by atoms with Crippen LogP contribution in [0.5, 0.6) is 0 Å². The molecule has 1 heterocycles. The zero-order valence-corrected chi connectivity index (χ0v) is 17.2. The lowest BCUT2D eigenvalue weighted by molar-refractivity contribution is -0.0184. The highest BCUT2D eigenvalue weighted by molar-refractivity contribution is 5.65. The van der Waals surface area contributed by atoms with Crippen LogP contribution in [0.1, 0.15) is 25.3 Å². The summed E-state index contributed by atoms with van der Waals surface area (Å²) in [6.07, 6.45) is -0.320. The van der Waals surface area contributed by atoms with E-state index in [-0.39, 0.29) is 36.4 Å². The SMILES string of the molecule is CCNC1C(Cc2cccc(-c3cccc(F)c3)c2F)N(NC2CC(F)C2)CC1(F)F. The molecule has 4 rings (SSSR count). The van der Waals surface area contributed by atoms with E-state index >= 15 is 4.39 Å². The van der Waals surface area contributed by atoms with Crippen LogP contribution in [0.2, 0.25) is 0 Å². The third kappa shape index (κ3) is 4.61. The number of nitrogens with one attached hydrogen (secondary N) is 2. The number of likely N-dealkylation sites (N-methyl/N-ethyl adjacent to an activating group) is 1. The second kappa shape index (κ2) is 8.84. The first-order chi connectivity index (χ1) is 14.8. The van der Waals surface area contributed by atoms with Crippen LogP contribution in [0.25, 0.3) is 11.1 Å². The van der Waals surface area contributed by atoms with Crippen molar-refractivity contribution in [1.29, 1.82) is 0 Å². The number of hydrazine groups is 1. The molecule has 0 spiro atoms. The predicted molar refractivity (Wildman–Crippen MR) is 109 cm³/mol. The van der Waals surface area contributed by atoms with E-state index in [2.05, 4.69) is 10.7 Å². The number of benzene rings is 2. The highest BCUT2D eigenvalue weighted by Gasteiger charge is 2.54. The number of nitrogens with zero attached hydrogens (tertiary/aromatic N) is 1. The molecule has 168 valence electrons. The fraction of sp³-hybridized carbons (Fsp3) is 0.478. The van der Waals surface area contributed by atoms with Gasteiger partial charge >= 0.3 is 0 Å². The second-order valence-corrected chi connectivity index (χ2v) is 8.38. The Hall–Kier alpha value is -2.03. The molecule has 1 saturated carbocycles. The molecule has 2 fully saturated rings. The van der Waals surface area contributed by atoms with Crippen molar-refractivity contribution in [3.63, 3.8) is 0 Å². The summed E-state index contributed by atoms with van der Waals surface area (Å²) in [5.74, 6) is -4.05. The van der Waals surface area contributed by atoms with E-state index in [0.29, 0.717) is 12.1 Å². The van der Waals surface area contributed by atoms with Crippen molar-refractivity contribution in [3.05, 3.63) is 59.7 Å². The minimum atomic E-state index is -3.02. The van der Waals surface area contributed by atoms with E-state index < -0.39 is 42.4 Å². The summed E-state index contributed by atoms with van der Waals surface area (Å²) in [6, 6.07) is 8.27. The maximum absolute atomic E-state index is 15.3. The second-order valence-electron chi connectivity index (χ2n) is 8.38. The normalized spacial score (nSPS) is 27.9. The molecule has 3 nitrogen and oxygen atoms in total. The lowest BCUT2D eigenvalue weighted by Gasteiger charge is -2.37. The molecule has 2 unspecified atom stereocenters. The van der Waals surface area contributed by atoms with Crippen molar-refractivity contribution in [3.8, 4) is 11.1 Å². The Labute approximate surface area is 178 Å². The summed E-state index contributed by atoms with van der Waals surface area (Å²) >= 11 is 0. The van der Waals surface area contributed by atoms with Crippen molar-refractivity contribution in [2.24, 2.45) is 0 Å². The molecule has 2 N–H and O–H groups in total. The number of halogens is 5. The van der Waals surface area contributed by atoms with Gasteiger partial charge in [-0.25, -0.2) is 27.0 Å². The van der Waals surface area contributed by atoms with Crippen LogP contribution in [-0.4, -0.2) is 48.3 Å². The smallest absolute Gasteiger partial charge is 0.278 e. The summed E-state index contributed by atoms with van der Waals surface area (Å²) in [7, 11) is 0.